The van der Waals surface area contributed by atoms with Gasteiger partial charge >= 0.3 is 35.6 Å². The number of phosphoric acid groups is 3. The van der Waals surface area contributed by atoms with Crippen molar-refractivity contribution in [1.29, 1.82) is 0 Å². The van der Waals surface area contributed by atoms with Gasteiger partial charge in [-0.15, -0.1) is 0 Å². The topological polar surface area (TPSA) is 506 Å². The lowest BCUT2D eigenvalue weighted by Crippen LogP contribution is -2.36. The Morgan fingerprint density at radius 1 is 0.848 bits per heavy atom. The lowest BCUT2D eigenvalue weighted by atomic mass is 9.81. The predicted octanol–water partition coefficient (Wildman–Crippen LogP) is 7.77. The van der Waals surface area contributed by atoms with Gasteiger partial charge in [0.25, 0.3) is 25.8 Å². The number of anilines is 2. The van der Waals surface area contributed by atoms with Crippen molar-refractivity contribution in [3.05, 3.63) is 106 Å². The van der Waals surface area contributed by atoms with Gasteiger partial charge in [-0.05, 0) is 126 Å². The number of aromatic amines is 1. The van der Waals surface area contributed by atoms with Crippen molar-refractivity contribution in [2.24, 2.45) is 0 Å². The van der Waals surface area contributed by atoms with Gasteiger partial charge in [-0.1, -0.05) is 75.0 Å². The summed E-state index contributed by atoms with van der Waals surface area (Å²) in [4.78, 5) is 96.5. The van der Waals surface area contributed by atoms with E-state index in [-0.39, 0.29) is 101 Å². The van der Waals surface area contributed by atoms with Crippen molar-refractivity contribution >= 4 is 138 Å². The molecule has 36 nitrogen and oxygen atoms in total. The van der Waals surface area contributed by atoms with Crippen LogP contribution in [-0.2, 0) is 112 Å². The number of urea groups is 1. The highest BCUT2D eigenvalue weighted by atomic mass is 33.1. The van der Waals surface area contributed by atoms with E-state index in [2.05, 4.69) is 61.2 Å². The minimum absolute atomic E-state index is 0.00704. The van der Waals surface area contributed by atoms with Crippen LogP contribution in [0.2, 0.25) is 0 Å². The number of benzene rings is 2. The third kappa shape index (κ3) is 28.5. The molecule has 112 heavy (non-hydrogen) atoms. The number of fused-ring (bicyclic) bond motifs is 3. The number of amides is 4. The molecule has 1 saturated heterocycles. The maximum absolute atomic E-state index is 13.2. The normalized spacial score (nSPS) is 18.7. The van der Waals surface area contributed by atoms with E-state index in [1.54, 1.807) is 29.2 Å². The van der Waals surface area contributed by atoms with Crippen LogP contribution in [0.25, 0.3) is 11.0 Å². The van der Waals surface area contributed by atoms with Crippen LogP contribution in [0, 0.1) is 11.8 Å². The first-order valence-corrected chi connectivity index (χ1v) is 47.7. The number of rotatable bonds is 45. The largest absolute Gasteiger partial charge is 0.490 e. The molecule has 4 amide bonds. The number of unbranched alkanes of at least 4 members (excludes halogenated alkanes) is 3. The number of carbonyl (C=O) groups excluding carboxylic acids is 3. The number of hydrogen-bond donors (Lipinski definition) is 12. The van der Waals surface area contributed by atoms with Gasteiger partial charge in [0.05, 0.1) is 84.4 Å². The second-order valence-electron chi connectivity index (χ2n) is 27.2. The van der Waals surface area contributed by atoms with Crippen LogP contribution in [-0.4, -0.2) is 209 Å². The molecule has 5 heterocycles. The highest BCUT2D eigenvalue weighted by Gasteiger charge is 2.47. The zero-order chi connectivity index (χ0) is 82.5. The zero-order valence-electron chi connectivity index (χ0n) is 62.9. The molecule has 2 aromatic carbocycles. The van der Waals surface area contributed by atoms with E-state index in [0.717, 1.165) is 46.8 Å². The molecule has 4 aromatic rings. The molecule has 622 valence electrons. The van der Waals surface area contributed by atoms with Crippen LogP contribution >= 0.6 is 45.1 Å². The fourth-order valence-electron chi connectivity index (χ4n) is 12.2. The van der Waals surface area contributed by atoms with Crippen LogP contribution in [0.1, 0.15) is 123 Å². The quantitative estimate of drug-likeness (QED) is 0.00294. The molecule has 4 unspecified atom stereocenters. The van der Waals surface area contributed by atoms with Gasteiger partial charge in [-0.3, -0.25) is 28.2 Å². The van der Waals surface area contributed by atoms with Gasteiger partial charge in [0.2, 0.25) is 17.5 Å². The Balaban J connectivity index is 0.701. The van der Waals surface area contributed by atoms with E-state index in [4.69, 9.17) is 59.7 Å². The Hall–Kier alpha value is -5.78. The summed E-state index contributed by atoms with van der Waals surface area (Å²) in [5.41, 5.74) is 9.24. The summed E-state index contributed by atoms with van der Waals surface area (Å²) in [6.45, 7) is 16.9. The summed E-state index contributed by atoms with van der Waals surface area (Å²) in [6, 6.07) is 8.72. The molecule has 3 aliphatic rings. The summed E-state index contributed by atoms with van der Waals surface area (Å²) in [7, 11) is -23.4. The third-order valence-corrected chi connectivity index (χ3v) is 26.8. The number of carbonyl (C=O) groups is 3. The molecular formula is C67H98N10O26P3S6+. The number of nitrogen functional groups attached to an aromatic ring is 1. The number of nitrogens with zero attached hydrogens (tertiary/aromatic N) is 4. The second-order valence-corrected chi connectivity index (χ2v) is 40.5. The number of phosphoric ester groups is 1. The van der Waals surface area contributed by atoms with Crippen molar-refractivity contribution < 1.29 is 120 Å². The highest BCUT2D eigenvalue weighted by molar-refractivity contribution is 8.77. The van der Waals surface area contributed by atoms with E-state index >= 15 is 0 Å². The summed E-state index contributed by atoms with van der Waals surface area (Å²) in [5.74, 6) is 5.72. The number of aromatic nitrogens is 3. The second kappa shape index (κ2) is 41.9. The lowest BCUT2D eigenvalue weighted by molar-refractivity contribution is -0.438. The molecule has 45 heteroatoms. The standard InChI is InChI=1S/C67H97N10O26P3S6/c1-9-75-51-25-23-47(111(89,90)91)39-49(51)66(4,5)55(75)20-12-10-13-21-56-67(6,7)50-40-48(112(92,93)94)24-26-52(50)76(56)32-16-11-14-22-57(78)69-30-35-95-37-38-96-36-31-72-64(81)98-34-27-65(2,3)109-108-44-97-33-17-15-28-70-63(80)71-29-18-19-46-42-77(60-59(46)61(79)74-62(68)73-60)58-41-53(99-45-110(8)107)54(101-58)43-100-105(85,86)103-106(87,88)102-104(82,83)84/h10,12-13,20-21,23-26,39-40,42,53-54,58H,9,11,14-17,22,27-38,41,43-45H2,1-8H3,(H12-,68,69,70,71,72,73,74,78,79,80,81,82,83,84,85,86,87,88,89,90,91,92,93,94)/p+1/t53-,54+,58?,110?/m0/s1. The smallest absolute Gasteiger partial charge is 0.450 e. The van der Waals surface area contributed by atoms with E-state index < -0.39 is 107 Å². The number of likely N-dealkylation sites (N-methyl/N-ethyl adjacent to an activating group) is 1. The van der Waals surface area contributed by atoms with Crippen LogP contribution in [0.15, 0.2) is 93.3 Å². The van der Waals surface area contributed by atoms with Crippen molar-refractivity contribution in [1.82, 2.24) is 35.8 Å². The lowest BCUT2D eigenvalue weighted by Gasteiger charge is -2.25. The number of allylic oxidation sites excluding steroid dienone is 6. The molecule has 1 fully saturated rings. The van der Waals surface area contributed by atoms with Gasteiger partial charge < -0.3 is 84.5 Å². The van der Waals surface area contributed by atoms with Gasteiger partial charge in [0.15, 0.2) is 11.4 Å². The molecular weight excluding hydrogens is 1650 g/mol. The van der Waals surface area contributed by atoms with Gasteiger partial charge in [-0.25, -0.2) is 23.3 Å². The van der Waals surface area contributed by atoms with Crippen molar-refractivity contribution in [2.45, 2.75) is 144 Å². The molecule has 0 bridgehead atoms. The zero-order valence-corrected chi connectivity index (χ0v) is 70.5. The van der Waals surface area contributed by atoms with Gasteiger partial charge in [-0.2, -0.15) is 35.0 Å². The first-order valence-electron chi connectivity index (χ1n) is 35.2. The fraction of sp³-hybridized carbons (Fsp3) is 0.552. The molecule has 0 radical (unpaired) electrons. The molecule has 6 atom stereocenters. The number of H-pyrrole nitrogens is 1. The maximum Gasteiger partial charge on any atom is 0.490 e. The molecule has 2 aromatic heterocycles. The van der Waals surface area contributed by atoms with Crippen molar-refractivity contribution in [3.63, 3.8) is 0 Å². The minimum atomic E-state index is -5.80. The number of nitrogens with one attached hydrogen (secondary N) is 5. The summed E-state index contributed by atoms with van der Waals surface area (Å²) >= 11 is 5.23. The average Bonchev–Trinajstić information content (AvgIpc) is 1.60. The Morgan fingerprint density at radius 3 is 2.21 bits per heavy atom. The number of hydrogen-bond acceptors (Lipinski definition) is 26. The van der Waals surface area contributed by atoms with Crippen LogP contribution in [0.5, 0.6) is 0 Å². The van der Waals surface area contributed by atoms with Crippen LogP contribution in [0.3, 0.4) is 0 Å². The molecule has 3 aliphatic heterocycles. The highest BCUT2D eigenvalue weighted by Crippen LogP contribution is 2.66. The summed E-state index contributed by atoms with van der Waals surface area (Å²) < 4.78 is 153. The Labute approximate surface area is 664 Å². The minimum Gasteiger partial charge on any atom is -0.450 e. The first kappa shape index (κ1) is 93.4. The Bertz CT molecular complexity index is 4680. The number of nitrogens with two attached hydrogens (primary N) is 1. The predicted molar refractivity (Wildman–Crippen MR) is 426 cm³/mol. The monoisotopic (exact) mass is 1740 g/mol. The fourth-order valence-corrected chi connectivity index (χ4v) is 19.0. The molecule has 0 saturated carbocycles. The average molecular weight is 1740 g/mol. The number of ether oxygens (including phenoxy) is 6. The summed E-state index contributed by atoms with van der Waals surface area (Å²) in [5, 5.41) is 10.9. The van der Waals surface area contributed by atoms with E-state index in [1.165, 1.54) is 45.8 Å². The molecule has 7 rings (SSSR count). The van der Waals surface area contributed by atoms with Gasteiger partial charge in [0, 0.05) is 97.5 Å². The van der Waals surface area contributed by atoms with Crippen LogP contribution < -0.4 is 37.5 Å². The van der Waals surface area contributed by atoms with Crippen molar-refractivity contribution in [2.75, 3.05) is 114 Å². The van der Waals surface area contributed by atoms with Crippen LogP contribution in [0.4, 0.5) is 26.9 Å². The molecule has 0 spiro atoms. The Kier molecular flexibility index (Phi) is 34.9. The third-order valence-electron chi connectivity index (χ3n) is 17.5. The SMILES string of the molecule is CCN1\C(=C/C=C/C=C/C2=[N+](CCCCCC(=O)NCCOCCOCCNC(=O)OCCC(C)(C)SSCOCCCCNC(=O)NCC#Cc3cn(C4C[C@H](OCS(C)=S)[C@@H](COP(=O)(O)OP(=O)(O)OP(=O)(O)O)O4)c4nc(N)[nH]c(=O)c34)c3ccc(S(=O)(=O)O)cc3C2(C)C)C(C)(C)c2cc(S(=O)(=O)O)ccc21. The summed E-state index contributed by atoms with van der Waals surface area (Å²) in [6.07, 6.45) is 13.4. The molecule has 13 N–H and O–H groups in total. The van der Waals surface area contributed by atoms with E-state index in [1.807, 2.05) is 78.8 Å². The van der Waals surface area contributed by atoms with E-state index in [9.17, 15) is 68.6 Å². The Morgan fingerprint density at radius 2 is 1.54 bits per heavy atom. The van der Waals surface area contributed by atoms with E-state index in [0.29, 0.717) is 70.8 Å². The molecule has 0 aliphatic carbocycles. The van der Waals surface area contributed by atoms with Gasteiger partial charge in [0.1, 0.15) is 24.8 Å². The maximum atomic E-state index is 13.2. The first-order chi connectivity index (χ1) is 52.5. The number of alkyl carbamates (subject to hydrolysis) is 1. The van der Waals surface area contributed by atoms with Crippen molar-refractivity contribution in [3.8, 4) is 11.8 Å².